The zero-order valence-corrected chi connectivity index (χ0v) is 9.75. The summed E-state index contributed by atoms with van der Waals surface area (Å²) in [4.78, 5) is 11.9. The maximum atomic E-state index is 11.9. The minimum atomic E-state index is 0.0776. The third-order valence-corrected chi connectivity index (χ3v) is 4.39. The van der Waals surface area contributed by atoms with Crippen molar-refractivity contribution in [3.05, 3.63) is 0 Å². The first-order valence-electron chi connectivity index (χ1n) is 6.08. The lowest BCUT2D eigenvalue weighted by atomic mass is 9.63. The van der Waals surface area contributed by atoms with Gasteiger partial charge >= 0.3 is 0 Å². The van der Waals surface area contributed by atoms with E-state index in [-0.39, 0.29) is 23.3 Å². The standard InChI is InChI=1S/C12H22N2O/c1-12(2)9(13)7-10(12)14-11(15)8-5-3-4-6-8/h8-10H,3-7,13H2,1-2H3,(H,14,15). The minimum absolute atomic E-state index is 0.0776. The van der Waals surface area contributed by atoms with E-state index in [2.05, 4.69) is 19.2 Å². The van der Waals surface area contributed by atoms with Crippen LogP contribution in [0.2, 0.25) is 0 Å². The average molecular weight is 210 g/mol. The molecule has 0 aromatic carbocycles. The number of hydrogen-bond donors (Lipinski definition) is 2. The number of nitrogens with one attached hydrogen (secondary N) is 1. The number of amides is 1. The van der Waals surface area contributed by atoms with Gasteiger partial charge in [0.05, 0.1) is 0 Å². The molecule has 0 bridgehead atoms. The van der Waals surface area contributed by atoms with Gasteiger partial charge in [0.1, 0.15) is 0 Å². The van der Waals surface area contributed by atoms with E-state index >= 15 is 0 Å². The Morgan fingerprint density at radius 1 is 1.33 bits per heavy atom. The third kappa shape index (κ3) is 1.89. The van der Waals surface area contributed by atoms with Crippen LogP contribution in [0.1, 0.15) is 46.0 Å². The Labute approximate surface area is 91.8 Å². The van der Waals surface area contributed by atoms with Crippen molar-refractivity contribution < 1.29 is 4.79 Å². The Morgan fingerprint density at radius 3 is 2.40 bits per heavy atom. The van der Waals surface area contributed by atoms with Gasteiger partial charge in [0, 0.05) is 23.4 Å². The van der Waals surface area contributed by atoms with Gasteiger partial charge in [-0.15, -0.1) is 0 Å². The molecule has 0 aromatic heterocycles. The molecular weight excluding hydrogens is 188 g/mol. The van der Waals surface area contributed by atoms with Crippen molar-refractivity contribution in [2.24, 2.45) is 17.1 Å². The molecule has 2 fully saturated rings. The molecule has 15 heavy (non-hydrogen) atoms. The maximum absolute atomic E-state index is 11.9. The summed E-state index contributed by atoms with van der Waals surface area (Å²) < 4.78 is 0. The second kappa shape index (κ2) is 3.78. The largest absolute Gasteiger partial charge is 0.352 e. The zero-order chi connectivity index (χ0) is 11.1. The first kappa shape index (κ1) is 10.9. The molecule has 0 aromatic rings. The van der Waals surface area contributed by atoms with Gasteiger partial charge in [-0.05, 0) is 19.3 Å². The lowest BCUT2D eigenvalue weighted by Crippen LogP contribution is -2.64. The SMILES string of the molecule is CC1(C)C(N)CC1NC(=O)C1CCCC1. The monoisotopic (exact) mass is 210 g/mol. The molecule has 0 saturated heterocycles. The molecule has 3 heteroatoms. The van der Waals surface area contributed by atoms with Crippen molar-refractivity contribution >= 4 is 5.91 Å². The molecule has 0 spiro atoms. The summed E-state index contributed by atoms with van der Waals surface area (Å²) in [6.07, 6.45) is 5.51. The molecule has 2 atom stereocenters. The van der Waals surface area contributed by atoms with Crippen LogP contribution in [0.4, 0.5) is 0 Å². The molecule has 2 unspecified atom stereocenters. The van der Waals surface area contributed by atoms with E-state index in [4.69, 9.17) is 5.73 Å². The number of hydrogen-bond acceptors (Lipinski definition) is 2. The zero-order valence-electron chi connectivity index (χ0n) is 9.75. The summed E-state index contributed by atoms with van der Waals surface area (Å²) in [7, 11) is 0. The van der Waals surface area contributed by atoms with E-state index in [0.29, 0.717) is 6.04 Å². The third-order valence-electron chi connectivity index (χ3n) is 4.39. The van der Waals surface area contributed by atoms with Crippen LogP contribution < -0.4 is 11.1 Å². The van der Waals surface area contributed by atoms with Crippen molar-refractivity contribution in [2.75, 3.05) is 0 Å². The van der Waals surface area contributed by atoms with Crippen molar-refractivity contribution in [2.45, 2.75) is 58.0 Å². The lowest BCUT2D eigenvalue weighted by molar-refractivity contribution is -0.128. The molecular formula is C12H22N2O. The normalized spacial score (nSPS) is 34.9. The van der Waals surface area contributed by atoms with Crippen molar-refractivity contribution in [1.29, 1.82) is 0 Å². The van der Waals surface area contributed by atoms with Gasteiger partial charge in [0.15, 0.2) is 0 Å². The maximum Gasteiger partial charge on any atom is 0.223 e. The molecule has 0 aliphatic heterocycles. The number of carbonyl (C=O) groups excluding carboxylic acids is 1. The summed E-state index contributed by atoms with van der Waals surface area (Å²) in [5.41, 5.74) is 6.00. The van der Waals surface area contributed by atoms with Gasteiger partial charge in [-0.2, -0.15) is 0 Å². The van der Waals surface area contributed by atoms with Crippen molar-refractivity contribution in [1.82, 2.24) is 5.32 Å². The van der Waals surface area contributed by atoms with Gasteiger partial charge in [0.25, 0.3) is 0 Å². The van der Waals surface area contributed by atoms with Crippen LogP contribution in [-0.2, 0) is 4.79 Å². The Kier molecular flexibility index (Phi) is 2.75. The summed E-state index contributed by atoms with van der Waals surface area (Å²) >= 11 is 0. The van der Waals surface area contributed by atoms with Crippen LogP contribution in [0, 0.1) is 11.3 Å². The molecule has 0 heterocycles. The van der Waals surface area contributed by atoms with Crippen LogP contribution in [-0.4, -0.2) is 18.0 Å². The molecule has 86 valence electrons. The Hall–Kier alpha value is -0.570. The Morgan fingerprint density at radius 2 is 1.93 bits per heavy atom. The predicted octanol–water partition coefficient (Wildman–Crippen LogP) is 1.42. The van der Waals surface area contributed by atoms with Crippen molar-refractivity contribution in [3.63, 3.8) is 0 Å². The molecule has 3 N–H and O–H groups in total. The van der Waals surface area contributed by atoms with Gasteiger partial charge < -0.3 is 11.1 Å². The van der Waals surface area contributed by atoms with Gasteiger partial charge in [-0.25, -0.2) is 0 Å². The fourth-order valence-corrected chi connectivity index (χ4v) is 2.68. The molecule has 3 nitrogen and oxygen atoms in total. The van der Waals surface area contributed by atoms with Crippen LogP contribution >= 0.6 is 0 Å². The van der Waals surface area contributed by atoms with Crippen LogP contribution in [0.25, 0.3) is 0 Å². The highest BCUT2D eigenvalue weighted by Gasteiger charge is 2.47. The minimum Gasteiger partial charge on any atom is -0.352 e. The second-order valence-corrected chi connectivity index (χ2v) is 5.71. The molecule has 2 rings (SSSR count). The average Bonchev–Trinajstić information content (AvgIpc) is 2.70. The highest BCUT2D eigenvalue weighted by atomic mass is 16.2. The summed E-state index contributed by atoms with van der Waals surface area (Å²) in [5.74, 6) is 0.537. The predicted molar refractivity (Wildman–Crippen MR) is 60.3 cm³/mol. The van der Waals surface area contributed by atoms with E-state index in [9.17, 15) is 4.79 Å². The Balaban J connectivity index is 1.85. The summed E-state index contributed by atoms with van der Waals surface area (Å²) in [6.45, 7) is 4.28. The van der Waals surface area contributed by atoms with E-state index in [1.54, 1.807) is 0 Å². The molecule has 2 aliphatic rings. The topological polar surface area (TPSA) is 55.1 Å². The Bertz CT molecular complexity index is 256. The lowest BCUT2D eigenvalue weighted by Gasteiger charge is -2.50. The summed E-state index contributed by atoms with van der Waals surface area (Å²) in [5, 5.41) is 3.16. The van der Waals surface area contributed by atoms with Gasteiger partial charge in [-0.1, -0.05) is 26.7 Å². The molecule has 1 amide bonds. The highest BCUT2D eigenvalue weighted by Crippen LogP contribution is 2.39. The first-order chi connectivity index (χ1) is 7.01. The molecule has 0 radical (unpaired) electrons. The summed E-state index contributed by atoms with van der Waals surface area (Å²) in [6, 6.07) is 0.534. The van der Waals surface area contributed by atoms with Crippen LogP contribution in [0.3, 0.4) is 0 Å². The quantitative estimate of drug-likeness (QED) is 0.724. The number of carbonyl (C=O) groups is 1. The first-order valence-corrected chi connectivity index (χ1v) is 6.08. The van der Waals surface area contributed by atoms with Crippen molar-refractivity contribution in [3.8, 4) is 0 Å². The van der Waals surface area contributed by atoms with E-state index in [1.807, 2.05) is 0 Å². The fourth-order valence-electron chi connectivity index (χ4n) is 2.68. The van der Waals surface area contributed by atoms with Crippen LogP contribution in [0.5, 0.6) is 0 Å². The highest BCUT2D eigenvalue weighted by molar-refractivity contribution is 5.79. The smallest absolute Gasteiger partial charge is 0.223 e. The van der Waals surface area contributed by atoms with E-state index < -0.39 is 0 Å². The molecule has 2 saturated carbocycles. The van der Waals surface area contributed by atoms with Gasteiger partial charge in [-0.3, -0.25) is 4.79 Å². The second-order valence-electron chi connectivity index (χ2n) is 5.71. The van der Waals surface area contributed by atoms with Gasteiger partial charge in [0.2, 0.25) is 5.91 Å². The van der Waals surface area contributed by atoms with Crippen LogP contribution in [0.15, 0.2) is 0 Å². The number of nitrogens with two attached hydrogens (primary N) is 1. The van der Waals surface area contributed by atoms with E-state index in [1.165, 1.54) is 12.8 Å². The molecule has 2 aliphatic carbocycles. The van der Waals surface area contributed by atoms with E-state index in [0.717, 1.165) is 19.3 Å². The fraction of sp³-hybridized carbons (Fsp3) is 0.917. The number of rotatable bonds is 2.